The Hall–Kier alpha value is -1.09. The molecule has 0 spiro atoms. The second kappa shape index (κ2) is 3.58. The van der Waals surface area contributed by atoms with Gasteiger partial charge in [-0.15, -0.1) is 0 Å². The first kappa shape index (κ1) is 9.46. The molecule has 0 bridgehead atoms. The maximum atomic E-state index is 10.9. The van der Waals surface area contributed by atoms with Gasteiger partial charge in [-0.1, -0.05) is 24.3 Å². The van der Waals surface area contributed by atoms with Gasteiger partial charge in [-0.05, 0) is 39.9 Å². The third kappa shape index (κ3) is 1.48. The zero-order valence-electron chi connectivity index (χ0n) is 7.46. The van der Waals surface area contributed by atoms with Gasteiger partial charge in [0.2, 0.25) is 0 Å². The van der Waals surface area contributed by atoms with E-state index < -0.39 is 5.97 Å². The van der Waals surface area contributed by atoms with Crippen LogP contribution < -0.4 is 0 Å². The van der Waals surface area contributed by atoms with E-state index in [4.69, 9.17) is 5.11 Å². The summed E-state index contributed by atoms with van der Waals surface area (Å²) in [5, 5.41) is 8.95. The number of halogens is 1. The lowest BCUT2D eigenvalue weighted by Crippen LogP contribution is -2.09. The largest absolute Gasteiger partial charge is 0.478 e. The van der Waals surface area contributed by atoms with Gasteiger partial charge >= 0.3 is 5.97 Å². The van der Waals surface area contributed by atoms with Gasteiger partial charge in [0.25, 0.3) is 0 Å². The van der Waals surface area contributed by atoms with Gasteiger partial charge in [0.15, 0.2) is 0 Å². The third-order valence-electron chi connectivity index (χ3n) is 2.42. The van der Waals surface area contributed by atoms with Gasteiger partial charge in [-0.2, -0.15) is 0 Å². The normalized spacial score (nSPS) is 15.2. The smallest absolute Gasteiger partial charge is 0.332 e. The van der Waals surface area contributed by atoms with Crippen molar-refractivity contribution >= 4 is 26.4 Å². The minimum atomic E-state index is -0.827. The van der Waals surface area contributed by atoms with Crippen LogP contribution in [0.1, 0.15) is 17.5 Å². The summed E-state index contributed by atoms with van der Waals surface area (Å²) in [5.74, 6) is -0.827. The second-order valence-electron chi connectivity index (χ2n) is 3.25. The molecule has 1 aliphatic rings. The summed E-state index contributed by atoms with van der Waals surface area (Å²) in [6.45, 7) is 0. The quantitative estimate of drug-likeness (QED) is 0.835. The van der Waals surface area contributed by atoms with E-state index in [-0.39, 0.29) is 0 Å². The molecule has 0 fully saturated rings. The van der Waals surface area contributed by atoms with E-state index in [0.717, 1.165) is 16.5 Å². The number of carboxylic acids is 1. The van der Waals surface area contributed by atoms with Crippen molar-refractivity contribution < 1.29 is 9.90 Å². The Bertz CT molecular complexity index is 421. The standard InChI is InChI=1S/C11H9BrO2/c12-10-8-4-2-1-3-7(8)5-6-9(10)11(13)14/h1-4H,5-6H2,(H,13,14). The predicted octanol–water partition coefficient (Wildman–Crippen LogP) is 2.82. The molecule has 0 amide bonds. The molecule has 1 aliphatic carbocycles. The first-order valence-electron chi connectivity index (χ1n) is 4.40. The van der Waals surface area contributed by atoms with Crippen molar-refractivity contribution in [2.24, 2.45) is 0 Å². The van der Waals surface area contributed by atoms with Gasteiger partial charge in [0.05, 0.1) is 5.57 Å². The van der Waals surface area contributed by atoms with E-state index in [1.807, 2.05) is 24.3 Å². The highest BCUT2D eigenvalue weighted by atomic mass is 79.9. The summed E-state index contributed by atoms with van der Waals surface area (Å²) in [6, 6.07) is 7.88. The van der Waals surface area contributed by atoms with Crippen molar-refractivity contribution in [2.45, 2.75) is 12.8 Å². The molecule has 0 unspecified atom stereocenters. The summed E-state index contributed by atoms with van der Waals surface area (Å²) in [5.41, 5.74) is 2.70. The molecule has 1 N–H and O–H groups in total. The van der Waals surface area contributed by atoms with Crippen molar-refractivity contribution in [1.29, 1.82) is 0 Å². The molecule has 0 heterocycles. The van der Waals surface area contributed by atoms with Crippen LogP contribution in [0.25, 0.3) is 4.48 Å². The molecular formula is C11H9BrO2. The fourth-order valence-electron chi connectivity index (χ4n) is 1.69. The zero-order valence-corrected chi connectivity index (χ0v) is 9.04. The Morgan fingerprint density at radius 1 is 1.29 bits per heavy atom. The summed E-state index contributed by atoms with van der Waals surface area (Å²) in [7, 11) is 0. The van der Waals surface area contributed by atoms with Crippen molar-refractivity contribution in [3.8, 4) is 0 Å². The summed E-state index contributed by atoms with van der Waals surface area (Å²) < 4.78 is 0.729. The highest BCUT2D eigenvalue weighted by Crippen LogP contribution is 2.35. The Morgan fingerprint density at radius 2 is 2.00 bits per heavy atom. The number of carbonyl (C=O) groups is 1. The molecule has 0 saturated heterocycles. The van der Waals surface area contributed by atoms with E-state index in [1.54, 1.807) is 0 Å². The molecule has 2 rings (SSSR count). The van der Waals surface area contributed by atoms with Crippen molar-refractivity contribution in [3.05, 3.63) is 41.0 Å². The molecule has 0 aliphatic heterocycles. The molecule has 1 aromatic carbocycles. The monoisotopic (exact) mass is 252 g/mol. The third-order valence-corrected chi connectivity index (χ3v) is 3.33. The summed E-state index contributed by atoms with van der Waals surface area (Å²) >= 11 is 3.35. The number of aryl methyl sites for hydroxylation is 1. The fourth-order valence-corrected chi connectivity index (χ4v) is 2.44. The van der Waals surface area contributed by atoms with Crippen molar-refractivity contribution in [1.82, 2.24) is 0 Å². The lowest BCUT2D eigenvalue weighted by atomic mass is 9.92. The molecule has 0 aromatic heterocycles. The predicted molar refractivity (Wildman–Crippen MR) is 58.2 cm³/mol. The van der Waals surface area contributed by atoms with E-state index in [9.17, 15) is 4.79 Å². The minimum absolute atomic E-state index is 0.476. The molecule has 0 atom stereocenters. The van der Waals surface area contributed by atoms with Gasteiger partial charge in [0, 0.05) is 4.48 Å². The maximum absolute atomic E-state index is 10.9. The number of carboxylic acid groups (broad SMARTS) is 1. The topological polar surface area (TPSA) is 37.3 Å². The lowest BCUT2D eigenvalue weighted by Gasteiger charge is -2.17. The number of aliphatic carboxylic acids is 1. The van der Waals surface area contributed by atoms with Crippen molar-refractivity contribution in [2.75, 3.05) is 0 Å². The van der Waals surface area contributed by atoms with E-state index in [0.29, 0.717) is 12.0 Å². The number of rotatable bonds is 1. The number of fused-ring (bicyclic) bond motifs is 1. The maximum Gasteiger partial charge on any atom is 0.332 e. The molecule has 72 valence electrons. The van der Waals surface area contributed by atoms with Gasteiger partial charge < -0.3 is 5.11 Å². The number of hydrogen-bond donors (Lipinski definition) is 1. The Labute approximate surface area is 90.4 Å². The molecule has 14 heavy (non-hydrogen) atoms. The van der Waals surface area contributed by atoms with Crippen LogP contribution in [0.3, 0.4) is 0 Å². The van der Waals surface area contributed by atoms with Crippen molar-refractivity contribution in [3.63, 3.8) is 0 Å². The van der Waals surface area contributed by atoms with E-state index >= 15 is 0 Å². The van der Waals surface area contributed by atoms with Crippen LogP contribution in [0.15, 0.2) is 29.8 Å². The van der Waals surface area contributed by atoms with Crippen LogP contribution in [0.4, 0.5) is 0 Å². The zero-order chi connectivity index (χ0) is 10.1. The first-order valence-corrected chi connectivity index (χ1v) is 5.19. The molecule has 3 heteroatoms. The SMILES string of the molecule is O=C(O)C1=C(Br)c2ccccc2CC1. The second-order valence-corrected chi connectivity index (χ2v) is 4.05. The van der Waals surface area contributed by atoms with Crippen LogP contribution in [-0.2, 0) is 11.2 Å². The summed E-state index contributed by atoms with van der Waals surface area (Å²) in [6.07, 6.45) is 1.42. The molecule has 2 nitrogen and oxygen atoms in total. The lowest BCUT2D eigenvalue weighted by molar-refractivity contribution is -0.132. The van der Waals surface area contributed by atoms with E-state index in [1.165, 1.54) is 5.56 Å². The number of hydrogen-bond acceptors (Lipinski definition) is 1. The van der Waals surface area contributed by atoms with Gasteiger partial charge in [0.1, 0.15) is 0 Å². The highest BCUT2D eigenvalue weighted by Gasteiger charge is 2.20. The Morgan fingerprint density at radius 3 is 2.71 bits per heavy atom. The number of benzene rings is 1. The summed E-state index contributed by atoms with van der Waals surface area (Å²) in [4.78, 5) is 10.9. The Balaban J connectivity index is 2.56. The molecule has 0 radical (unpaired) electrons. The van der Waals surface area contributed by atoms with Gasteiger partial charge in [-0.25, -0.2) is 4.79 Å². The van der Waals surface area contributed by atoms with Crippen LogP contribution in [0.5, 0.6) is 0 Å². The van der Waals surface area contributed by atoms with Gasteiger partial charge in [-0.3, -0.25) is 0 Å². The highest BCUT2D eigenvalue weighted by molar-refractivity contribution is 9.15. The van der Waals surface area contributed by atoms with Crippen LogP contribution in [-0.4, -0.2) is 11.1 Å². The molecule has 1 aromatic rings. The van der Waals surface area contributed by atoms with E-state index in [2.05, 4.69) is 15.9 Å². The average Bonchev–Trinajstić information content (AvgIpc) is 2.18. The minimum Gasteiger partial charge on any atom is -0.478 e. The average molecular weight is 253 g/mol. The first-order chi connectivity index (χ1) is 6.70. The molecular weight excluding hydrogens is 244 g/mol. The Kier molecular flexibility index (Phi) is 2.42. The van der Waals surface area contributed by atoms with Crippen LogP contribution in [0.2, 0.25) is 0 Å². The van der Waals surface area contributed by atoms with Crippen LogP contribution >= 0.6 is 15.9 Å². The van der Waals surface area contributed by atoms with Crippen LogP contribution in [0, 0.1) is 0 Å². The molecule has 0 saturated carbocycles. The fraction of sp³-hybridized carbons (Fsp3) is 0.182.